The Balaban J connectivity index is 2.36. The zero-order valence-corrected chi connectivity index (χ0v) is 7.57. The van der Waals surface area contributed by atoms with Gasteiger partial charge < -0.3 is 0 Å². The Bertz CT molecular complexity index is 274. The monoisotopic (exact) mass is 164 g/mol. The lowest BCUT2D eigenvalue weighted by Crippen LogP contribution is -1.81. The van der Waals surface area contributed by atoms with E-state index in [1.807, 2.05) is 0 Å². The highest BCUT2D eigenvalue weighted by Gasteiger charge is 2.23. The van der Waals surface area contributed by atoms with Crippen molar-refractivity contribution in [1.29, 1.82) is 0 Å². The van der Waals surface area contributed by atoms with E-state index in [1.54, 1.807) is 0 Å². The summed E-state index contributed by atoms with van der Waals surface area (Å²) in [5, 5.41) is 0. The first-order valence-electron chi connectivity index (χ1n) is 4.07. The number of benzene rings is 1. The van der Waals surface area contributed by atoms with Gasteiger partial charge in [-0.3, -0.25) is 0 Å². The molecule has 1 aliphatic rings. The maximum absolute atomic E-state index is 4.39. The van der Waals surface area contributed by atoms with Crippen LogP contribution in [0, 0.1) is 6.92 Å². The van der Waals surface area contributed by atoms with Gasteiger partial charge in [-0.05, 0) is 42.9 Å². The first-order chi connectivity index (χ1) is 5.27. The number of hydrogen-bond donors (Lipinski definition) is 1. The molecule has 0 unspecified atom stereocenters. The third-order valence-electron chi connectivity index (χ3n) is 2.28. The molecule has 0 amide bonds. The standard InChI is InChI=1S/C10H12S/c1-7-2-3-9(6-10(7)11)8-4-5-8/h2-3,6,8,11H,4-5H2,1H3. The van der Waals surface area contributed by atoms with Gasteiger partial charge in [-0.1, -0.05) is 12.1 Å². The van der Waals surface area contributed by atoms with Gasteiger partial charge in [0.1, 0.15) is 0 Å². The van der Waals surface area contributed by atoms with E-state index in [0.29, 0.717) is 0 Å². The lowest BCUT2D eigenvalue weighted by Gasteiger charge is -2.01. The Morgan fingerprint density at radius 2 is 2.09 bits per heavy atom. The topological polar surface area (TPSA) is 0 Å². The van der Waals surface area contributed by atoms with Gasteiger partial charge in [-0.25, -0.2) is 0 Å². The fourth-order valence-corrected chi connectivity index (χ4v) is 1.52. The molecule has 2 rings (SSSR count). The minimum absolute atomic E-state index is 0.849. The molecule has 0 N–H and O–H groups in total. The van der Waals surface area contributed by atoms with E-state index < -0.39 is 0 Å². The van der Waals surface area contributed by atoms with E-state index >= 15 is 0 Å². The van der Waals surface area contributed by atoms with Crippen LogP contribution in [0.5, 0.6) is 0 Å². The van der Waals surface area contributed by atoms with Crippen LogP contribution in [-0.4, -0.2) is 0 Å². The third kappa shape index (κ3) is 1.43. The molecule has 0 aromatic heterocycles. The molecule has 1 heteroatoms. The van der Waals surface area contributed by atoms with Crippen molar-refractivity contribution in [3.05, 3.63) is 29.3 Å². The zero-order valence-electron chi connectivity index (χ0n) is 6.67. The predicted octanol–water partition coefficient (Wildman–Crippen LogP) is 3.16. The van der Waals surface area contributed by atoms with Crippen LogP contribution in [0.25, 0.3) is 0 Å². The average molecular weight is 164 g/mol. The first kappa shape index (κ1) is 7.23. The van der Waals surface area contributed by atoms with E-state index in [-0.39, 0.29) is 0 Å². The van der Waals surface area contributed by atoms with Crippen molar-refractivity contribution in [3.63, 3.8) is 0 Å². The SMILES string of the molecule is Cc1ccc(C2CC2)cc1S. The number of rotatable bonds is 1. The molecule has 0 atom stereocenters. The van der Waals surface area contributed by atoms with Crippen molar-refractivity contribution >= 4 is 12.6 Å². The molecule has 0 saturated heterocycles. The maximum Gasteiger partial charge on any atom is 0.00720 e. The fraction of sp³-hybridized carbons (Fsp3) is 0.400. The summed E-state index contributed by atoms with van der Waals surface area (Å²) in [7, 11) is 0. The quantitative estimate of drug-likeness (QED) is 0.606. The van der Waals surface area contributed by atoms with Crippen LogP contribution in [0.2, 0.25) is 0 Å². The van der Waals surface area contributed by atoms with Gasteiger partial charge in [0.25, 0.3) is 0 Å². The Morgan fingerprint density at radius 1 is 1.36 bits per heavy atom. The summed E-state index contributed by atoms with van der Waals surface area (Å²) in [4.78, 5) is 1.13. The molecule has 0 aliphatic heterocycles. The number of hydrogen-bond acceptors (Lipinski definition) is 1. The zero-order chi connectivity index (χ0) is 7.84. The largest absolute Gasteiger partial charge is 0.143 e. The van der Waals surface area contributed by atoms with Crippen molar-refractivity contribution < 1.29 is 0 Å². The van der Waals surface area contributed by atoms with E-state index in [0.717, 1.165) is 10.8 Å². The predicted molar refractivity (Wildman–Crippen MR) is 50.4 cm³/mol. The van der Waals surface area contributed by atoms with Gasteiger partial charge in [-0.15, -0.1) is 12.6 Å². The molecule has 11 heavy (non-hydrogen) atoms. The molecule has 58 valence electrons. The lowest BCUT2D eigenvalue weighted by molar-refractivity contribution is 1.10. The summed E-state index contributed by atoms with van der Waals surface area (Å²) in [5.74, 6) is 0.849. The van der Waals surface area contributed by atoms with Crippen LogP contribution in [-0.2, 0) is 0 Å². The van der Waals surface area contributed by atoms with Gasteiger partial charge in [0, 0.05) is 4.90 Å². The van der Waals surface area contributed by atoms with Crippen LogP contribution in [0.4, 0.5) is 0 Å². The second-order valence-corrected chi connectivity index (χ2v) is 3.80. The second kappa shape index (κ2) is 2.56. The molecule has 1 aliphatic carbocycles. The van der Waals surface area contributed by atoms with E-state index in [4.69, 9.17) is 0 Å². The van der Waals surface area contributed by atoms with Crippen LogP contribution in [0.15, 0.2) is 23.1 Å². The third-order valence-corrected chi connectivity index (χ3v) is 2.76. The molecule has 0 spiro atoms. The molecule has 0 nitrogen and oxygen atoms in total. The van der Waals surface area contributed by atoms with Gasteiger partial charge >= 0.3 is 0 Å². The summed E-state index contributed by atoms with van der Waals surface area (Å²) in [6.45, 7) is 2.10. The molecular weight excluding hydrogens is 152 g/mol. The number of thiol groups is 1. The summed E-state index contributed by atoms with van der Waals surface area (Å²) < 4.78 is 0. The fourth-order valence-electron chi connectivity index (χ4n) is 1.30. The van der Waals surface area contributed by atoms with Gasteiger partial charge in [0.2, 0.25) is 0 Å². The Labute approximate surface area is 73.0 Å². The summed E-state index contributed by atoms with van der Waals surface area (Å²) in [5.41, 5.74) is 2.75. The summed E-state index contributed by atoms with van der Waals surface area (Å²) in [6.07, 6.45) is 2.74. The smallest absolute Gasteiger partial charge is 0.00720 e. The lowest BCUT2D eigenvalue weighted by atomic mass is 10.1. The molecular formula is C10H12S. The Kier molecular flexibility index (Phi) is 1.68. The second-order valence-electron chi connectivity index (χ2n) is 3.32. The minimum atomic E-state index is 0.849. The van der Waals surface area contributed by atoms with Gasteiger partial charge in [-0.2, -0.15) is 0 Å². The molecule has 1 saturated carbocycles. The Morgan fingerprint density at radius 3 is 2.64 bits per heavy atom. The Hall–Kier alpha value is -0.430. The summed E-state index contributed by atoms with van der Waals surface area (Å²) in [6, 6.07) is 6.60. The summed E-state index contributed by atoms with van der Waals surface area (Å²) >= 11 is 4.39. The minimum Gasteiger partial charge on any atom is -0.143 e. The van der Waals surface area contributed by atoms with Crippen LogP contribution >= 0.6 is 12.6 Å². The van der Waals surface area contributed by atoms with E-state index in [1.165, 1.54) is 24.0 Å². The highest BCUT2D eigenvalue weighted by molar-refractivity contribution is 7.80. The molecule has 0 radical (unpaired) electrons. The van der Waals surface area contributed by atoms with Gasteiger partial charge in [0.15, 0.2) is 0 Å². The molecule has 0 heterocycles. The van der Waals surface area contributed by atoms with Gasteiger partial charge in [0.05, 0.1) is 0 Å². The number of aryl methyl sites for hydroxylation is 1. The average Bonchev–Trinajstić information content (AvgIpc) is 2.77. The van der Waals surface area contributed by atoms with E-state index in [2.05, 4.69) is 37.8 Å². The van der Waals surface area contributed by atoms with Crippen molar-refractivity contribution in [2.24, 2.45) is 0 Å². The van der Waals surface area contributed by atoms with Crippen LogP contribution in [0.1, 0.15) is 29.9 Å². The van der Waals surface area contributed by atoms with E-state index in [9.17, 15) is 0 Å². The molecule has 0 bridgehead atoms. The molecule has 1 aromatic carbocycles. The van der Waals surface area contributed by atoms with Crippen LogP contribution < -0.4 is 0 Å². The van der Waals surface area contributed by atoms with Crippen LogP contribution in [0.3, 0.4) is 0 Å². The normalized spacial score (nSPS) is 16.9. The van der Waals surface area contributed by atoms with Crippen molar-refractivity contribution in [3.8, 4) is 0 Å². The maximum atomic E-state index is 4.39. The molecule has 1 fully saturated rings. The van der Waals surface area contributed by atoms with Crippen molar-refractivity contribution in [2.75, 3.05) is 0 Å². The molecule has 1 aromatic rings. The first-order valence-corrected chi connectivity index (χ1v) is 4.51. The van der Waals surface area contributed by atoms with Crippen molar-refractivity contribution in [1.82, 2.24) is 0 Å². The van der Waals surface area contributed by atoms with Crippen molar-refractivity contribution in [2.45, 2.75) is 30.6 Å². The highest BCUT2D eigenvalue weighted by atomic mass is 32.1. The highest BCUT2D eigenvalue weighted by Crippen LogP contribution is 2.40.